The molecule has 5 rings (SSSR count). The van der Waals surface area contributed by atoms with Crippen molar-refractivity contribution in [3.8, 4) is 11.5 Å². The van der Waals surface area contributed by atoms with Crippen LogP contribution in [-0.2, 0) is 9.47 Å². The number of likely N-dealkylation sites (N-methyl/N-ethyl adjacent to an activating group) is 1. The van der Waals surface area contributed by atoms with Crippen LogP contribution in [0.3, 0.4) is 0 Å². The first kappa shape index (κ1) is 19.9. The zero-order chi connectivity index (χ0) is 20.3. The Balaban J connectivity index is 1.44. The third-order valence-corrected chi connectivity index (χ3v) is 6.60. The van der Waals surface area contributed by atoms with Crippen LogP contribution in [0.2, 0.25) is 0 Å². The number of rotatable bonds is 4. The summed E-state index contributed by atoms with van der Waals surface area (Å²) in [6, 6.07) is 0. The van der Waals surface area contributed by atoms with E-state index in [1.165, 1.54) is 0 Å². The fraction of sp³-hybridized carbons (Fsp3) is 0.684. The minimum Gasteiger partial charge on any atom is -0.378 e. The summed E-state index contributed by atoms with van der Waals surface area (Å²) in [6.07, 6.45) is 0. The molecule has 3 fully saturated rings. The largest absolute Gasteiger partial charge is 0.378 e. The molecular formula is C19H28N8O2S. The van der Waals surface area contributed by atoms with Gasteiger partial charge in [0.05, 0.1) is 26.4 Å². The highest BCUT2D eigenvalue weighted by molar-refractivity contribution is 7.14. The summed E-state index contributed by atoms with van der Waals surface area (Å²) < 4.78 is 11.0. The maximum atomic E-state index is 5.50. The predicted octanol–water partition coefficient (Wildman–Crippen LogP) is 0.420. The summed E-state index contributed by atoms with van der Waals surface area (Å²) in [4.78, 5) is 28.3. The van der Waals surface area contributed by atoms with Gasteiger partial charge in [0.2, 0.25) is 11.9 Å². The molecule has 0 saturated carbocycles. The number of hydrogen-bond acceptors (Lipinski definition) is 11. The van der Waals surface area contributed by atoms with Gasteiger partial charge in [-0.3, -0.25) is 0 Å². The smallest absolute Gasteiger partial charge is 0.230 e. The van der Waals surface area contributed by atoms with Crippen LogP contribution in [0.1, 0.15) is 0 Å². The van der Waals surface area contributed by atoms with Crippen molar-refractivity contribution in [3.05, 3.63) is 5.38 Å². The van der Waals surface area contributed by atoms with Gasteiger partial charge in [0.1, 0.15) is 5.69 Å². The van der Waals surface area contributed by atoms with Crippen molar-refractivity contribution in [1.29, 1.82) is 0 Å². The molecule has 0 spiro atoms. The Morgan fingerprint density at radius 1 is 0.700 bits per heavy atom. The standard InChI is InChI=1S/C19H28N8O2S/c1-24-2-4-27(5-3-24)19-20-15(14-30-19)16-21-17(25-6-10-28-11-7-25)23-18(22-16)26-8-12-29-13-9-26/h14H,2-13H2,1H3. The molecular weight excluding hydrogens is 404 g/mol. The molecule has 0 atom stereocenters. The lowest BCUT2D eigenvalue weighted by atomic mass is 10.3. The number of morpholine rings is 2. The second-order valence-corrected chi connectivity index (χ2v) is 8.60. The third-order valence-electron chi connectivity index (χ3n) is 5.69. The molecule has 10 nitrogen and oxygen atoms in total. The van der Waals surface area contributed by atoms with E-state index in [4.69, 9.17) is 29.4 Å². The molecule has 162 valence electrons. The number of nitrogens with zero attached hydrogens (tertiary/aromatic N) is 8. The average molecular weight is 433 g/mol. The fourth-order valence-electron chi connectivity index (χ4n) is 3.79. The molecule has 30 heavy (non-hydrogen) atoms. The van der Waals surface area contributed by atoms with Crippen LogP contribution in [0.4, 0.5) is 17.0 Å². The first-order valence-corrected chi connectivity index (χ1v) is 11.4. The van der Waals surface area contributed by atoms with Crippen molar-refractivity contribution in [2.75, 3.05) is 101 Å². The summed E-state index contributed by atoms with van der Waals surface area (Å²) in [5.41, 5.74) is 0.820. The molecule has 0 N–H and O–H groups in total. The van der Waals surface area contributed by atoms with Crippen molar-refractivity contribution in [2.45, 2.75) is 0 Å². The number of hydrogen-bond donors (Lipinski definition) is 0. The van der Waals surface area contributed by atoms with Crippen LogP contribution in [0.15, 0.2) is 5.38 Å². The fourth-order valence-corrected chi connectivity index (χ4v) is 4.65. The minimum atomic E-state index is 0.643. The van der Waals surface area contributed by atoms with Crippen LogP contribution < -0.4 is 14.7 Å². The van der Waals surface area contributed by atoms with Gasteiger partial charge in [-0.25, -0.2) is 4.98 Å². The minimum absolute atomic E-state index is 0.643. The predicted molar refractivity (Wildman–Crippen MR) is 117 cm³/mol. The van der Waals surface area contributed by atoms with E-state index in [9.17, 15) is 0 Å². The molecule has 11 heteroatoms. The van der Waals surface area contributed by atoms with Crippen LogP contribution in [0.25, 0.3) is 11.5 Å². The second-order valence-electron chi connectivity index (χ2n) is 7.76. The monoisotopic (exact) mass is 432 g/mol. The normalized spacial score (nSPS) is 21.3. The van der Waals surface area contributed by atoms with Crippen molar-refractivity contribution in [3.63, 3.8) is 0 Å². The highest BCUT2D eigenvalue weighted by atomic mass is 32.1. The van der Waals surface area contributed by atoms with E-state index in [1.807, 2.05) is 0 Å². The average Bonchev–Trinajstić information content (AvgIpc) is 3.31. The maximum absolute atomic E-state index is 5.50. The van der Waals surface area contributed by atoms with Crippen molar-refractivity contribution >= 4 is 28.4 Å². The summed E-state index contributed by atoms with van der Waals surface area (Å²) in [5, 5.41) is 3.11. The van der Waals surface area contributed by atoms with Gasteiger partial charge in [0.15, 0.2) is 11.0 Å². The molecule has 2 aromatic rings. The summed E-state index contributed by atoms with van der Waals surface area (Å²) in [5.74, 6) is 2.06. The Morgan fingerprint density at radius 3 is 1.83 bits per heavy atom. The van der Waals surface area contributed by atoms with Gasteiger partial charge in [-0.1, -0.05) is 0 Å². The van der Waals surface area contributed by atoms with Gasteiger partial charge in [0.25, 0.3) is 0 Å². The molecule has 0 amide bonds. The summed E-state index contributed by atoms with van der Waals surface area (Å²) in [6.45, 7) is 10.0. The molecule has 5 heterocycles. The van der Waals surface area contributed by atoms with E-state index in [-0.39, 0.29) is 0 Å². The van der Waals surface area contributed by atoms with E-state index < -0.39 is 0 Å². The van der Waals surface area contributed by atoms with E-state index in [0.717, 1.165) is 63.2 Å². The van der Waals surface area contributed by atoms with Crippen molar-refractivity contribution in [2.24, 2.45) is 0 Å². The molecule has 0 aromatic carbocycles. The first-order chi connectivity index (χ1) is 14.8. The Kier molecular flexibility index (Phi) is 5.93. The van der Waals surface area contributed by atoms with E-state index in [0.29, 0.717) is 44.1 Å². The second kappa shape index (κ2) is 8.96. The highest BCUT2D eigenvalue weighted by Gasteiger charge is 2.23. The maximum Gasteiger partial charge on any atom is 0.230 e. The lowest BCUT2D eigenvalue weighted by Gasteiger charge is -2.32. The summed E-state index contributed by atoms with van der Waals surface area (Å²) in [7, 11) is 2.16. The number of piperazine rings is 1. The number of aromatic nitrogens is 4. The Hall–Kier alpha value is -2.08. The lowest BCUT2D eigenvalue weighted by Crippen LogP contribution is -2.44. The van der Waals surface area contributed by atoms with Gasteiger partial charge in [-0.05, 0) is 7.05 Å². The number of anilines is 3. The first-order valence-electron chi connectivity index (χ1n) is 10.6. The van der Waals surface area contributed by atoms with Crippen LogP contribution in [0.5, 0.6) is 0 Å². The zero-order valence-corrected chi connectivity index (χ0v) is 18.2. The molecule has 2 aromatic heterocycles. The van der Waals surface area contributed by atoms with Gasteiger partial charge in [0, 0.05) is 57.7 Å². The molecule has 0 radical (unpaired) electrons. The van der Waals surface area contributed by atoms with Crippen molar-refractivity contribution in [1.82, 2.24) is 24.8 Å². The van der Waals surface area contributed by atoms with Gasteiger partial charge >= 0.3 is 0 Å². The summed E-state index contributed by atoms with van der Waals surface area (Å²) >= 11 is 1.66. The molecule has 3 aliphatic heterocycles. The molecule has 0 aliphatic carbocycles. The van der Waals surface area contributed by atoms with Gasteiger partial charge in [-0.2, -0.15) is 15.0 Å². The third kappa shape index (κ3) is 4.34. The van der Waals surface area contributed by atoms with E-state index in [1.54, 1.807) is 11.3 Å². The zero-order valence-electron chi connectivity index (χ0n) is 17.4. The highest BCUT2D eigenvalue weighted by Crippen LogP contribution is 2.28. The molecule has 0 bridgehead atoms. The van der Waals surface area contributed by atoms with Crippen LogP contribution in [-0.4, -0.2) is 111 Å². The van der Waals surface area contributed by atoms with Gasteiger partial charge in [-0.15, -0.1) is 11.3 Å². The van der Waals surface area contributed by atoms with E-state index >= 15 is 0 Å². The Morgan fingerprint density at radius 2 is 1.27 bits per heavy atom. The van der Waals surface area contributed by atoms with Crippen LogP contribution in [0, 0.1) is 0 Å². The molecule has 3 saturated heterocycles. The SMILES string of the molecule is CN1CCN(c2nc(-c3nc(N4CCOCC4)nc(N4CCOCC4)n3)cs2)CC1. The Labute approximate surface area is 180 Å². The van der Waals surface area contributed by atoms with Crippen LogP contribution >= 0.6 is 11.3 Å². The lowest BCUT2D eigenvalue weighted by molar-refractivity contribution is 0.121. The topological polar surface area (TPSA) is 83.0 Å². The van der Waals surface area contributed by atoms with E-state index in [2.05, 4.69) is 32.0 Å². The van der Waals surface area contributed by atoms with Gasteiger partial charge < -0.3 is 29.1 Å². The van der Waals surface area contributed by atoms with Crippen molar-refractivity contribution < 1.29 is 9.47 Å². The number of ether oxygens (including phenoxy) is 2. The molecule has 0 unspecified atom stereocenters. The quantitative estimate of drug-likeness (QED) is 0.678. The number of thiazole rings is 1. The Bertz CT molecular complexity index is 809. The molecule has 3 aliphatic rings.